The number of nitrogens with two attached hydrogens (primary N) is 1. The number of thioether (sulfide) groups is 1. The number of thiazole rings is 1. The van der Waals surface area contributed by atoms with E-state index in [9.17, 15) is 36.4 Å². The van der Waals surface area contributed by atoms with E-state index in [1.807, 2.05) is 0 Å². The van der Waals surface area contributed by atoms with Crippen LogP contribution in [0.15, 0.2) is 40.2 Å². The fourth-order valence-corrected chi connectivity index (χ4v) is 6.66. The number of piperidine rings is 1. The fraction of sp³-hybridized carbons (Fsp3) is 0.304. The summed E-state index contributed by atoms with van der Waals surface area (Å²) in [6.07, 6.45) is -4.97. The second-order valence-corrected chi connectivity index (χ2v) is 12.3. The molecule has 1 aliphatic rings. The minimum Gasteiger partial charge on any atom is -0.384 e. The SMILES string of the molecule is CS(=O)(=O)N1CCC(C(F)(F)F)C(c2nn(C(=O)c3cscn3)c(SCc3ccc(C(=N)N)cc3)c2C#N)C1=O. The van der Waals surface area contributed by atoms with Gasteiger partial charge in [-0.25, -0.2) is 17.7 Å². The summed E-state index contributed by atoms with van der Waals surface area (Å²) in [6, 6.07) is 8.24. The highest BCUT2D eigenvalue weighted by Crippen LogP contribution is 2.46. The zero-order valence-electron chi connectivity index (χ0n) is 20.5. The highest BCUT2D eigenvalue weighted by molar-refractivity contribution is 7.98. The van der Waals surface area contributed by atoms with Gasteiger partial charge in [-0.15, -0.1) is 23.1 Å². The van der Waals surface area contributed by atoms with Gasteiger partial charge in [-0.05, 0) is 12.0 Å². The van der Waals surface area contributed by atoms with Gasteiger partial charge in [0.1, 0.15) is 28.2 Å². The lowest BCUT2D eigenvalue weighted by Crippen LogP contribution is -2.50. The lowest BCUT2D eigenvalue weighted by atomic mass is 9.82. The molecule has 0 aliphatic carbocycles. The summed E-state index contributed by atoms with van der Waals surface area (Å²) < 4.78 is 67.8. The molecule has 1 aliphatic heterocycles. The number of nitrogens with one attached hydrogen (secondary N) is 1. The van der Waals surface area contributed by atoms with E-state index in [0.29, 0.717) is 21.7 Å². The van der Waals surface area contributed by atoms with Crippen LogP contribution in [0.5, 0.6) is 0 Å². The van der Waals surface area contributed by atoms with Crippen molar-refractivity contribution in [1.29, 1.82) is 10.7 Å². The van der Waals surface area contributed by atoms with Crippen LogP contribution in [0.25, 0.3) is 0 Å². The van der Waals surface area contributed by atoms with E-state index in [-0.39, 0.29) is 22.3 Å². The first-order valence-corrected chi connectivity index (χ1v) is 15.1. The van der Waals surface area contributed by atoms with Gasteiger partial charge < -0.3 is 5.73 Å². The van der Waals surface area contributed by atoms with Gasteiger partial charge in [0.05, 0.1) is 29.3 Å². The maximum absolute atomic E-state index is 14.1. The first-order chi connectivity index (χ1) is 18.7. The molecular formula is C23H20F3N7O4S3. The van der Waals surface area contributed by atoms with Gasteiger partial charge in [0.25, 0.3) is 5.91 Å². The van der Waals surface area contributed by atoms with Crippen LogP contribution in [0.1, 0.15) is 45.2 Å². The molecule has 3 heterocycles. The number of nitriles is 1. The smallest absolute Gasteiger partial charge is 0.384 e. The number of benzene rings is 1. The highest BCUT2D eigenvalue weighted by atomic mass is 32.2. The average Bonchev–Trinajstić information content (AvgIpc) is 3.54. The van der Waals surface area contributed by atoms with Crippen molar-refractivity contribution in [3.8, 4) is 6.07 Å². The highest BCUT2D eigenvalue weighted by Gasteiger charge is 2.55. The summed E-state index contributed by atoms with van der Waals surface area (Å²) in [5.74, 6) is -6.75. The Labute approximate surface area is 234 Å². The summed E-state index contributed by atoms with van der Waals surface area (Å²) in [7, 11) is -4.22. The second-order valence-electron chi connectivity index (χ2n) is 8.75. The fourth-order valence-electron chi connectivity index (χ4n) is 4.22. The van der Waals surface area contributed by atoms with E-state index in [1.165, 1.54) is 10.9 Å². The molecule has 0 saturated carbocycles. The molecule has 0 bridgehead atoms. The topological polar surface area (TPSA) is 176 Å². The number of sulfonamides is 1. The van der Waals surface area contributed by atoms with Gasteiger partial charge in [-0.2, -0.15) is 28.2 Å². The van der Waals surface area contributed by atoms with Gasteiger partial charge in [-0.3, -0.25) is 15.0 Å². The van der Waals surface area contributed by atoms with Crippen molar-refractivity contribution in [1.82, 2.24) is 19.1 Å². The van der Waals surface area contributed by atoms with Crippen molar-refractivity contribution in [3.63, 3.8) is 0 Å². The summed E-state index contributed by atoms with van der Waals surface area (Å²) in [6.45, 7) is -0.684. The number of nitrogens with zero attached hydrogens (tertiary/aromatic N) is 5. The Balaban J connectivity index is 1.85. The number of hydrogen-bond donors (Lipinski definition) is 2. The third-order valence-electron chi connectivity index (χ3n) is 6.14. The number of hydrogen-bond acceptors (Lipinski definition) is 10. The van der Waals surface area contributed by atoms with E-state index < -0.39 is 64.1 Å². The van der Waals surface area contributed by atoms with E-state index in [2.05, 4.69) is 10.1 Å². The monoisotopic (exact) mass is 611 g/mol. The summed E-state index contributed by atoms with van der Waals surface area (Å²) in [5, 5.41) is 22.9. The molecule has 40 heavy (non-hydrogen) atoms. The van der Waals surface area contributed by atoms with Crippen LogP contribution >= 0.6 is 23.1 Å². The minimum atomic E-state index is -4.93. The first-order valence-electron chi connectivity index (χ1n) is 11.3. The Bertz CT molecular complexity index is 1610. The Morgan fingerprint density at radius 3 is 2.52 bits per heavy atom. The molecular weight excluding hydrogens is 591 g/mol. The molecule has 0 spiro atoms. The average molecular weight is 612 g/mol. The van der Waals surface area contributed by atoms with Gasteiger partial charge >= 0.3 is 6.18 Å². The molecule has 3 N–H and O–H groups in total. The summed E-state index contributed by atoms with van der Waals surface area (Å²) in [4.78, 5) is 30.4. The largest absolute Gasteiger partial charge is 0.393 e. The maximum atomic E-state index is 14.1. The lowest BCUT2D eigenvalue weighted by Gasteiger charge is -2.36. The number of halogens is 3. The molecule has 11 nitrogen and oxygen atoms in total. The van der Waals surface area contributed by atoms with Crippen molar-refractivity contribution < 1.29 is 31.2 Å². The third kappa shape index (κ3) is 5.74. The number of alkyl halides is 3. The third-order valence-corrected chi connectivity index (χ3v) is 9.02. The van der Waals surface area contributed by atoms with Crippen LogP contribution in [-0.2, 0) is 20.6 Å². The number of carbonyl (C=O) groups is 2. The van der Waals surface area contributed by atoms with E-state index in [4.69, 9.17) is 11.1 Å². The summed E-state index contributed by atoms with van der Waals surface area (Å²) >= 11 is 2.00. The Morgan fingerprint density at radius 1 is 1.32 bits per heavy atom. The minimum absolute atomic E-state index is 0.0868. The first kappa shape index (κ1) is 29.2. The Kier molecular flexibility index (Phi) is 8.06. The Hall–Kier alpha value is -3.75. The van der Waals surface area contributed by atoms with Crippen LogP contribution in [0.3, 0.4) is 0 Å². The molecule has 2 aromatic heterocycles. The van der Waals surface area contributed by atoms with Gasteiger partial charge in [0.2, 0.25) is 15.9 Å². The van der Waals surface area contributed by atoms with Crippen molar-refractivity contribution >= 4 is 50.8 Å². The molecule has 0 radical (unpaired) electrons. The lowest BCUT2D eigenvalue weighted by molar-refractivity contribution is -0.192. The van der Waals surface area contributed by atoms with Crippen molar-refractivity contribution in [3.05, 3.63) is 63.2 Å². The number of amides is 1. The predicted molar refractivity (Wildman–Crippen MR) is 139 cm³/mol. The molecule has 1 fully saturated rings. The van der Waals surface area contributed by atoms with Crippen LogP contribution in [0.2, 0.25) is 0 Å². The van der Waals surface area contributed by atoms with Crippen molar-refractivity contribution in [2.45, 2.75) is 29.3 Å². The summed E-state index contributed by atoms with van der Waals surface area (Å²) in [5.41, 5.74) is 6.78. The predicted octanol–water partition coefficient (Wildman–Crippen LogP) is 2.93. The van der Waals surface area contributed by atoms with Gasteiger partial charge in [-0.1, -0.05) is 24.3 Å². The molecule has 1 aromatic carbocycles. The second kappa shape index (κ2) is 11.0. The number of aromatic nitrogens is 3. The normalized spacial score (nSPS) is 18.0. The zero-order valence-corrected chi connectivity index (χ0v) is 23.0. The van der Waals surface area contributed by atoms with Crippen molar-refractivity contribution in [2.24, 2.45) is 11.7 Å². The quantitative estimate of drug-likeness (QED) is 0.231. The molecule has 17 heteroatoms. The molecule has 1 amide bonds. The van der Waals surface area contributed by atoms with Gasteiger partial charge in [0.15, 0.2) is 0 Å². The number of amidine groups is 1. The van der Waals surface area contributed by atoms with E-state index >= 15 is 0 Å². The van der Waals surface area contributed by atoms with E-state index in [0.717, 1.165) is 27.8 Å². The molecule has 3 aromatic rings. The Morgan fingerprint density at radius 2 is 2.00 bits per heavy atom. The van der Waals surface area contributed by atoms with Crippen LogP contribution < -0.4 is 5.73 Å². The number of nitrogen functional groups attached to an aromatic ring is 1. The zero-order chi connectivity index (χ0) is 29.4. The van der Waals surface area contributed by atoms with Gasteiger partial charge in [0, 0.05) is 23.2 Å². The van der Waals surface area contributed by atoms with Crippen molar-refractivity contribution in [2.75, 3.05) is 12.8 Å². The van der Waals surface area contributed by atoms with Crippen LogP contribution in [-0.4, -0.2) is 64.1 Å². The van der Waals surface area contributed by atoms with Crippen LogP contribution in [0, 0.1) is 22.7 Å². The number of rotatable bonds is 7. The molecule has 210 valence electrons. The molecule has 2 unspecified atom stereocenters. The maximum Gasteiger partial charge on any atom is 0.393 e. The van der Waals surface area contributed by atoms with E-state index in [1.54, 1.807) is 30.3 Å². The molecule has 2 atom stereocenters. The number of carbonyl (C=O) groups excluding carboxylic acids is 2. The van der Waals surface area contributed by atoms with Crippen LogP contribution in [0.4, 0.5) is 13.2 Å². The molecule has 4 rings (SSSR count). The standard InChI is InChI=1S/C23H20F3N7O4S3/c1-40(36,37)32-7-6-15(23(24,25)26)17(21(32)35)18-14(8-27)22(33(31-18)20(34)16-10-38-11-30-16)39-9-12-2-4-13(5-3-12)19(28)29/h2-5,10-11,15,17H,6-7,9H2,1H3,(H3,28,29). The molecule has 1 saturated heterocycles.